The van der Waals surface area contributed by atoms with Gasteiger partial charge >= 0.3 is 5.97 Å². The van der Waals surface area contributed by atoms with Crippen LogP contribution in [0.5, 0.6) is 0 Å². The highest BCUT2D eigenvalue weighted by Crippen LogP contribution is 2.25. The second-order valence-electron chi connectivity index (χ2n) is 5.69. The number of carbonyl (C=O) groups excluding carboxylic acids is 2. The van der Waals surface area contributed by atoms with Gasteiger partial charge in [-0.25, -0.2) is 13.6 Å². The van der Waals surface area contributed by atoms with Crippen molar-refractivity contribution in [1.29, 1.82) is 0 Å². The SMILES string of the molecule is C[C@@H](OC(=O)c1occc1-c1ccccc1)C(=O)Nc1ccc(F)cc1F. The zero-order chi connectivity index (χ0) is 19.4. The minimum absolute atomic E-state index is 0.0474. The van der Waals surface area contributed by atoms with Crippen molar-refractivity contribution >= 4 is 17.6 Å². The van der Waals surface area contributed by atoms with Crippen LogP contribution in [0.2, 0.25) is 0 Å². The van der Waals surface area contributed by atoms with Crippen molar-refractivity contribution < 1.29 is 27.5 Å². The lowest BCUT2D eigenvalue weighted by Crippen LogP contribution is -2.30. The first kappa shape index (κ1) is 18.3. The van der Waals surface area contributed by atoms with Gasteiger partial charge < -0.3 is 14.5 Å². The van der Waals surface area contributed by atoms with E-state index in [9.17, 15) is 18.4 Å². The molecule has 0 saturated heterocycles. The van der Waals surface area contributed by atoms with E-state index in [1.54, 1.807) is 18.2 Å². The van der Waals surface area contributed by atoms with E-state index >= 15 is 0 Å². The lowest BCUT2D eigenvalue weighted by Gasteiger charge is -2.13. The summed E-state index contributed by atoms with van der Waals surface area (Å²) in [7, 11) is 0. The Kier molecular flexibility index (Phi) is 5.30. The molecule has 1 heterocycles. The summed E-state index contributed by atoms with van der Waals surface area (Å²) in [6.07, 6.45) is 0.119. The molecule has 0 radical (unpaired) electrons. The summed E-state index contributed by atoms with van der Waals surface area (Å²) in [6, 6.07) is 13.4. The molecule has 0 bridgehead atoms. The molecule has 0 saturated carbocycles. The van der Waals surface area contributed by atoms with Gasteiger partial charge in [0.1, 0.15) is 11.6 Å². The molecule has 1 amide bonds. The fourth-order valence-electron chi connectivity index (χ4n) is 2.41. The Morgan fingerprint density at radius 3 is 2.52 bits per heavy atom. The van der Waals surface area contributed by atoms with Crippen LogP contribution in [0.4, 0.5) is 14.5 Å². The molecule has 1 N–H and O–H groups in total. The summed E-state index contributed by atoms with van der Waals surface area (Å²) < 4.78 is 36.9. The van der Waals surface area contributed by atoms with Crippen molar-refractivity contribution in [3.8, 4) is 11.1 Å². The predicted octanol–water partition coefficient (Wildman–Crippen LogP) is 4.41. The van der Waals surface area contributed by atoms with Crippen molar-refractivity contribution in [3.05, 3.63) is 78.3 Å². The van der Waals surface area contributed by atoms with Crippen LogP contribution in [0, 0.1) is 11.6 Å². The molecule has 0 spiro atoms. The van der Waals surface area contributed by atoms with Crippen LogP contribution in [0.3, 0.4) is 0 Å². The number of amides is 1. The maximum atomic E-state index is 13.6. The number of esters is 1. The molecular weight excluding hydrogens is 356 g/mol. The van der Waals surface area contributed by atoms with Gasteiger partial charge in [-0.15, -0.1) is 0 Å². The van der Waals surface area contributed by atoms with Crippen molar-refractivity contribution in [3.63, 3.8) is 0 Å². The van der Waals surface area contributed by atoms with Gasteiger partial charge in [0.25, 0.3) is 5.91 Å². The molecule has 0 fully saturated rings. The number of furan rings is 1. The zero-order valence-corrected chi connectivity index (χ0v) is 14.2. The number of rotatable bonds is 5. The van der Waals surface area contributed by atoms with Gasteiger partial charge in [-0.1, -0.05) is 30.3 Å². The fraction of sp³-hybridized carbons (Fsp3) is 0.100. The van der Waals surface area contributed by atoms with Crippen LogP contribution in [0.15, 0.2) is 65.3 Å². The standard InChI is InChI=1S/C20H15F2NO4/c1-12(19(24)23-17-8-7-14(21)11-16(17)22)27-20(25)18-15(9-10-26-18)13-5-3-2-4-6-13/h2-12H,1H3,(H,23,24)/t12-/m1/s1. The fourth-order valence-corrected chi connectivity index (χ4v) is 2.41. The summed E-state index contributed by atoms with van der Waals surface area (Å²) in [5.74, 6) is -3.34. The average Bonchev–Trinajstić information content (AvgIpc) is 3.14. The molecule has 7 heteroatoms. The van der Waals surface area contributed by atoms with Crippen molar-refractivity contribution in [2.45, 2.75) is 13.0 Å². The Balaban J connectivity index is 1.69. The first-order valence-electron chi connectivity index (χ1n) is 8.05. The summed E-state index contributed by atoms with van der Waals surface area (Å²) in [5.41, 5.74) is 1.06. The van der Waals surface area contributed by atoms with E-state index in [4.69, 9.17) is 9.15 Å². The smallest absolute Gasteiger partial charge is 0.375 e. The highest BCUT2D eigenvalue weighted by atomic mass is 19.1. The van der Waals surface area contributed by atoms with E-state index in [0.29, 0.717) is 11.6 Å². The summed E-state index contributed by atoms with van der Waals surface area (Å²) in [4.78, 5) is 24.5. The van der Waals surface area contributed by atoms with Crippen molar-refractivity contribution in [2.24, 2.45) is 0 Å². The highest BCUT2D eigenvalue weighted by Gasteiger charge is 2.24. The second-order valence-corrected chi connectivity index (χ2v) is 5.69. The minimum Gasteiger partial charge on any atom is -0.457 e. The van der Waals surface area contributed by atoms with E-state index in [1.807, 2.05) is 18.2 Å². The predicted molar refractivity (Wildman–Crippen MR) is 94.0 cm³/mol. The van der Waals surface area contributed by atoms with Gasteiger partial charge in [0.15, 0.2) is 6.10 Å². The molecule has 0 aliphatic heterocycles. The quantitative estimate of drug-likeness (QED) is 0.675. The van der Waals surface area contributed by atoms with Gasteiger partial charge in [0, 0.05) is 11.6 Å². The Bertz CT molecular complexity index is 969. The van der Waals surface area contributed by atoms with Crippen LogP contribution >= 0.6 is 0 Å². The minimum atomic E-state index is -1.23. The van der Waals surface area contributed by atoms with Gasteiger partial charge in [-0.05, 0) is 30.7 Å². The van der Waals surface area contributed by atoms with Crippen LogP contribution in [-0.4, -0.2) is 18.0 Å². The first-order valence-corrected chi connectivity index (χ1v) is 8.05. The van der Waals surface area contributed by atoms with Crippen molar-refractivity contribution in [1.82, 2.24) is 0 Å². The normalized spacial score (nSPS) is 11.7. The van der Waals surface area contributed by atoms with Gasteiger partial charge in [0.05, 0.1) is 12.0 Å². The summed E-state index contributed by atoms with van der Waals surface area (Å²) >= 11 is 0. The molecule has 27 heavy (non-hydrogen) atoms. The Morgan fingerprint density at radius 1 is 1.07 bits per heavy atom. The monoisotopic (exact) mass is 371 g/mol. The molecule has 138 valence electrons. The third-order valence-corrected chi connectivity index (χ3v) is 3.78. The molecule has 1 aromatic heterocycles. The number of hydrogen-bond acceptors (Lipinski definition) is 4. The Morgan fingerprint density at radius 2 is 1.81 bits per heavy atom. The molecule has 1 atom stereocenters. The van der Waals surface area contributed by atoms with Gasteiger partial charge in [-0.2, -0.15) is 0 Å². The van der Waals surface area contributed by atoms with Crippen molar-refractivity contribution in [2.75, 3.05) is 5.32 Å². The van der Waals surface area contributed by atoms with E-state index in [-0.39, 0.29) is 11.4 Å². The average molecular weight is 371 g/mol. The lowest BCUT2D eigenvalue weighted by atomic mass is 10.1. The third kappa shape index (κ3) is 4.20. The number of nitrogens with one attached hydrogen (secondary N) is 1. The molecule has 0 unspecified atom stereocenters. The second kappa shape index (κ2) is 7.82. The van der Waals surface area contributed by atoms with Crippen LogP contribution < -0.4 is 5.32 Å². The molecular formula is C20H15F2NO4. The third-order valence-electron chi connectivity index (χ3n) is 3.78. The number of halogens is 2. The summed E-state index contributed by atoms with van der Waals surface area (Å²) in [6.45, 7) is 1.33. The molecule has 3 aromatic rings. The number of hydrogen-bond donors (Lipinski definition) is 1. The number of anilines is 1. The summed E-state index contributed by atoms with van der Waals surface area (Å²) in [5, 5.41) is 2.25. The zero-order valence-electron chi connectivity index (χ0n) is 14.2. The largest absolute Gasteiger partial charge is 0.457 e. The number of carbonyl (C=O) groups is 2. The Labute approximate surface area is 153 Å². The molecule has 2 aromatic carbocycles. The maximum absolute atomic E-state index is 13.6. The molecule has 0 aliphatic carbocycles. The lowest BCUT2D eigenvalue weighted by molar-refractivity contribution is -0.123. The van der Waals surface area contributed by atoms with E-state index < -0.39 is 29.6 Å². The van der Waals surface area contributed by atoms with E-state index in [2.05, 4.69) is 5.32 Å². The van der Waals surface area contributed by atoms with Crippen LogP contribution in [-0.2, 0) is 9.53 Å². The topological polar surface area (TPSA) is 68.5 Å². The first-order chi connectivity index (χ1) is 13.0. The number of benzene rings is 2. The van der Waals surface area contributed by atoms with E-state index in [1.165, 1.54) is 13.2 Å². The highest BCUT2D eigenvalue weighted by molar-refractivity contribution is 5.99. The molecule has 5 nitrogen and oxygen atoms in total. The maximum Gasteiger partial charge on any atom is 0.375 e. The van der Waals surface area contributed by atoms with Gasteiger partial charge in [-0.3, -0.25) is 4.79 Å². The van der Waals surface area contributed by atoms with E-state index in [0.717, 1.165) is 17.7 Å². The van der Waals surface area contributed by atoms with Crippen LogP contribution in [0.1, 0.15) is 17.5 Å². The number of ether oxygens (including phenoxy) is 1. The van der Waals surface area contributed by atoms with Crippen LogP contribution in [0.25, 0.3) is 11.1 Å². The van der Waals surface area contributed by atoms with Gasteiger partial charge in [0.2, 0.25) is 5.76 Å². The molecule has 0 aliphatic rings. The Hall–Kier alpha value is -3.48. The molecule has 3 rings (SSSR count).